The first-order chi connectivity index (χ1) is 12.0. The number of hydrogen-bond acceptors (Lipinski definition) is 3. The summed E-state index contributed by atoms with van der Waals surface area (Å²) in [7, 11) is 0. The fraction of sp³-hybridized carbons (Fsp3) is 0.300. The molecule has 132 valence electrons. The second-order valence-corrected chi connectivity index (χ2v) is 5.73. The predicted octanol–water partition coefficient (Wildman–Crippen LogP) is 4.38. The van der Waals surface area contributed by atoms with E-state index in [9.17, 15) is 9.59 Å². The Morgan fingerprint density at radius 2 is 1.80 bits per heavy atom. The van der Waals surface area contributed by atoms with Gasteiger partial charge in [-0.25, -0.2) is 0 Å². The van der Waals surface area contributed by atoms with Gasteiger partial charge in [-0.2, -0.15) is 0 Å². The third-order valence-electron chi connectivity index (χ3n) is 3.68. The van der Waals surface area contributed by atoms with Crippen molar-refractivity contribution in [3.05, 3.63) is 53.6 Å². The van der Waals surface area contributed by atoms with E-state index in [1.54, 1.807) is 31.2 Å². The number of carbonyl (C=O) groups is 2. The van der Waals surface area contributed by atoms with Gasteiger partial charge < -0.3 is 15.4 Å². The van der Waals surface area contributed by atoms with Crippen molar-refractivity contribution in [3.63, 3.8) is 0 Å². The van der Waals surface area contributed by atoms with E-state index in [1.807, 2.05) is 32.0 Å². The number of benzene rings is 2. The van der Waals surface area contributed by atoms with Crippen LogP contribution in [0.2, 0.25) is 0 Å². The Labute approximate surface area is 148 Å². The lowest BCUT2D eigenvalue weighted by molar-refractivity contribution is -0.115. The molecule has 2 N–H and O–H groups in total. The molecule has 2 aromatic carbocycles. The van der Waals surface area contributed by atoms with Crippen LogP contribution in [0.4, 0.5) is 11.4 Å². The summed E-state index contributed by atoms with van der Waals surface area (Å²) in [5, 5.41) is 5.70. The Balaban J connectivity index is 2.18. The van der Waals surface area contributed by atoms with Crippen LogP contribution in [0.15, 0.2) is 42.5 Å². The quantitative estimate of drug-likeness (QED) is 0.786. The van der Waals surface area contributed by atoms with E-state index < -0.39 is 0 Å². The van der Waals surface area contributed by atoms with Crippen molar-refractivity contribution in [2.75, 3.05) is 17.2 Å². The number of amides is 2. The highest BCUT2D eigenvalue weighted by molar-refractivity contribution is 6.06. The molecule has 25 heavy (non-hydrogen) atoms. The number of aryl methyl sites for hydroxylation is 1. The van der Waals surface area contributed by atoms with Crippen molar-refractivity contribution in [1.29, 1.82) is 0 Å². The summed E-state index contributed by atoms with van der Waals surface area (Å²) in [5.41, 5.74) is 2.73. The molecule has 0 spiro atoms. The largest absolute Gasteiger partial charge is 0.493 e. The van der Waals surface area contributed by atoms with Crippen LogP contribution >= 0.6 is 0 Å². The van der Waals surface area contributed by atoms with Gasteiger partial charge in [0.1, 0.15) is 5.75 Å². The minimum atomic E-state index is -0.247. The van der Waals surface area contributed by atoms with Gasteiger partial charge in [-0.05, 0) is 43.2 Å². The van der Waals surface area contributed by atoms with Gasteiger partial charge >= 0.3 is 0 Å². The van der Waals surface area contributed by atoms with Gasteiger partial charge in [0.15, 0.2) is 0 Å². The van der Waals surface area contributed by atoms with E-state index in [4.69, 9.17) is 4.74 Å². The van der Waals surface area contributed by atoms with Crippen LogP contribution in [0.3, 0.4) is 0 Å². The molecule has 0 radical (unpaired) electrons. The Kier molecular flexibility index (Phi) is 6.57. The number of carbonyl (C=O) groups excluding carboxylic acids is 2. The van der Waals surface area contributed by atoms with Crippen molar-refractivity contribution >= 4 is 23.2 Å². The third kappa shape index (κ3) is 5.08. The standard InChI is InChI=1S/C20H24N2O3/c1-4-12-25-18-9-7-6-8-16(18)20(24)21-15-11-10-14(3)17(13-15)22-19(23)5-2/h6-11,13H,4-5,12H2,1-3H3,(H,21,24)(H,22,23). The van der Waals surface area contributed by atoms with E-state index in [-0.39, 0.29) is 11.8 Å². The number of rotatable bonds is 7. The van der Waals surface area contributed by atoms with E-state index >= 15 is 0 Å². The van der Waals surface area contributed by atoms with Crippen LogP contribution in [-0.2, 0) is 4.79 Å². The highest BCUT2D eigenvalue weighted by Gasteiger charge is 2.13. The van der Waals surface area contributed by atoms with Gasteiger partial charge in [0.25, 0.3) is 5.91 Å². The van der Waals surface area contributed by atoms with E-state index in [0.29, 0.717) is 35.7 Å². The van der Waals surface area contributed by atoms with Gasteiger partial charge in [0.2, 0.25) is 5.91 Å². The fourth-order valence-electron chi connectivity index (χ4n) is 2.26. The van der Waals surface area contributed by atoms with E-state index in [1.165, 1.54) is 0 Å². The van der Waals surface area contributed by atoms with Crippen LogP contribution in [0.1, 0.15) is 42.6 Å². The molecule has 5 heteroatoms. The average molecular weight is 340 g/mol. The predicted molar refractivity (Wildman–Crippen MR) is 100 cm³/mol. The maximum atomic E-state index is 12.6. The second-order valence-electron chi connectivity index (χ2n) is 5.73. The molecule has 0 bridgehead atoms. The van der Waals surface area contributed by atoms with Crippen LogP contribution in [-0.4, -0.2) is 18.4 Å². The Morgan fingerprint density at radius 1 is 1.04 bits per heavy atom. The summed E-state index contributed by atoms with van der Waals surface area (Å²) in [5.74, 6) is 0.252. The zero-order valence-electron chi connectivity index (χ0n) is 14.9. The first kappa shape index (κ1) is 18.5. The van der Waals surface area contributed by atoms with E-state index in [2.05, 4.69) is 10.6 Å². The van der Waals surface area contributed by atoms with Gasteiger partial charge in [0, 0.05) is 17.8 Å². The molecule has 0 saturated heterocycles. The summed E-state index contributed by atoms with van der Waals surface area (Å²) >= 11 is 0. The number of ether oxygens (including phenoxy) is 1. The summed E-state index contributed by atoms with van der Waals surface area (Å²) in [6.07, 6.45) is 1.27. The molecule has 5 nitrogen and oxygen atoms in total. The van der Waals surface area contributed by atoms with Crippen LogP contribution in [0.25, 0.3) is 0 Å². The number of hydrogen-bond donors (Lipinski definition) is 2. The smallest absolute Gasteiger partial charge is 0.259 e. The van der Waals surface area contributed by atoms with Gasteiger partial charge in [0.05, 0.1) is 12.2 Å². The molecule has 2 rings (SSSR count). The Bertz CT molecular complexity index is 756. The third-order valence-corrected chi connectivity index (χ3v) is 3.68. The summed E-state index contributed by atoms with van der Waals surface area (Å²) in [4.78, 5) is 24.2. The lowest BCUT2D eigenvalue weighted by Crippen LogP contribution is -2.15. The Hall–Kier alpha value is -2.82. The van der Waals surface area contributed by atoms with Crippen molar-refractivity contribution in [3.8, 4) is 5.75 Å². The zero-order valence-corrected chi connectivity index (χ0v) is 14.9. The van der Waals surface area contributed by atoms with Gasteiger partial charge in [-0.1, -0.05) is 32.0 Å². The van der Waals surface area contributed by atoms with Crippen molar-refractivity contribution in [2.24, 2.45) is 0 Å². The van der Waals surface area contributed by atoms with E-state index in [0.717, 1.165) is 12.0 Å². The zero-order chi connectivity index (χ0) is 18.2. The normalized spacial score (nSPS) is 10.2. The van der Waals surface area contributed by atoms with Gasteiger partial charge in [-0.3, -0.25) is 9.59 Å². The monoisotopic (exact) mass is 340 g/mol. The molecule has 0 fully saturated rings. The molecule has 0 aliphatic heterocycles. The highest BCUT2D eigenvalue weighted by atomic mass is 16.5. The molecular weight excluding hydrogens is 316 g/mol. The topological polar surface area (TPSA) is 67.4 Å². The molecule has 0 aliphatic carbocycles. The molecule has 0 heterocycles. The summed E-state index contributed by atoms with van der Waals surface area (Å²) in [6.45, 7) is 6.28. The number of nitrogens with one attached hydrogen (secondary N) is 2. The summed E-state index contributed by atoms with van der Waals surface area (Å²) < 4.78 is 5.64. The van der Waals surface area contributed by atoms with Gasteiger partial charge in [-0.15, -0.1) is 0 Å². The second kappa shape index (κ2) is 8.87. The molecular formula is C20H24N2O3. The molecule has 0 aromatic heterocycles. The lowest BCUT2D eigenvalue weighted by atomic mass is 10.1. The number of anilines is 2. The molecule has 0 saturated carbocycles. The van der Waals surface area contributed by atoms with Crippen molar-refractivity contribution < 1.29 is 14.3 Å². The molecule has 0 atom stereocenters. The minimum absolute atomic E-state index is 0.0649. The highest BCUT2D eigenvalue weighted by Crippen LogP contribution is 2.23. The lowest BCUT2D eigenvalue weighted by Gasteiger charge is -2.13. The first-order valence-corrected chi connectivity index (χ1v) is 8.48. The molecule has 0 aliphatic rings. The van der Waals surface area contributed by atoms with Crippen molar-refractivity contribution in [2.45, 2.75) is 33.6 Å². The van der Waals surface area contributed by atoms with Crippen LogP contribution < -0.4 is 15.4 Å². The maximum Gasteiger partial charge on any atom is 0.259 e. The fourth-order valence-corrected chi connectivity index (χ4v) is 2.26. The Morgan fingerprint density at radius 3 is 2.52 bits per heavy atom. The number of para-hydroxylation sites is 1. The molecule has 2 aromatic rings. The maximum absolute atomic E-state index is 12.6. The SMILES string of the molecule is CCCOc1ccccc1C(=O)Nc1ccc(C)c(NC(=O)CC)c1. The minimum Gasteiger partial charge on any atom is -0.493 e. The first-order valence-electron chi connectivity index (χ1n) is 8.48. The molecule has 2 amide bonds. The average Bonchev–Trinajstić information content (AvgIpc) is 2.62. The molecule has 0 unspecified atom stereocenters. The van der Waals surface area contributed by atoms with Crippen LogP contribution in [0.5, 0.6) is 5.75 Å². The van der Waals surface area contributed by atoms with Crippen molar-refractivity contribution in [1.82, 2.24) is 0 Å². The summed E-state index contributed by atoms with van der Waals surface area (Å²) in [6, 6.07) is 12.6. The van der Waals surface area contributed by atoms with Crippen LogP contribution in [0, 0.1) is 6.92 Å².